The summed E-state index contributed by atoms with van der Waals surface area (Å²) < 4.78 is 5.47. The molecule has 74 valence electrons. The molecule has 3 heteroatoms. The van der Waals surface area contributed by atoms with Crippen LogP contribution in [0.15, 0.2) is 0 Å². The van der Waals surface area contributed by atoms with Crippen LogP contribution in [0.25, 0.3) is 0 Å². The molecule has 3 aliphatic rings. The summed E-state index contributed by atoms with van der Waals surface area (Å²) in [5.41, 5.74) is 0.346. The zero-order chi connectivity index (χ0) is 8.89. The van der Waals surface area contributed by atoms with Crippen LogP contribution in [0.5, 0.6) is 0 Å². The van der Waals surface area contributed by atoms with Crippen LogP contribution in [-0.2, 0) is 4.74 Å². The van der Waals surface area contributed by atoms with E-state index in [1.807, 2.05) is 0 Å². The maximum absolute atomic E-state index is 5.47. The highest BCUT2D eigenvalue weighted by atomic mass is 16.5. The number of nitrogens with one attached hydrogen (secondary N) is 1. The number of hydrogen-bond acceptors (Lipinski definition) is 3. The van der Waals surface area contributed by atoms with Crippen LogP contribution in [0.3, 0.4) is 0 Å². The summed E-state index contributed by atoms with van der Waals surface area (Å²) in [7, 11) is 2.28. The standard InChI is InChI=1S/C10H18N2O/c1-12-8-2-3-9(12)5-10(4-8)6-13-7-11-10/h8-9,11H,2-7H2,1H3/t8-,9+,10?. The van der Waals surface area contributed by atoms with Gasteiger partial charge >= 0.3 is 0 Å². The topological polar surface area (TPSA) is 24.5 Å². The SMILES string of the molecule is CN1[C@@H]2CC[C@H]1CC1(COCN1)C2. The van der Waals surface area contributed by atoms with E-state index in [0.717, 1.165) is 25.4 Å². The van der Waals surface area contributed by atoms with Crippen LogP contribution in [0.4, 0.5) is 0 Å². The maximum Gasteiger partial charge on any atom is 0.0971 e. The van der Waals surface area contributed by atoms with Crippen molar-refractivity contribution >= 4 is 0 Å². The second-order valence-electron chi connectivity index (χ2n) is 4.91. The maximum atomic E-state index is 5.47. The predicted molar refractivity (Wildman–Crippen MR) is 50.5 cm³/mol. The summed E-state index contributed by atoms with van der Waals surface area (Å²) in [5.74, 6) is 0. The molecule has 0 radical (unpaired) electrons. The van der Waals surface area contributed by atoms with Gasteiger partial charge in [0.25, 0.3) is 0 Å². The Morgan fingerprint density at radius 1 is 1.31 bits per heavy atom. The van der Waals surface area contributed by atoms with Crippen LogP contribution in [0.1, 0.15) is 25.7 Å². The Balaban J connectivity index is 1.82. The number of ether oxygens (including phenoxy) is 1. The van der Waals surface area contributed by atoms with Gasteiger partial charge in [0.1, 0.15) is 0 Å². The fourth-order valence-corrected chi connectivity index (χ4v) is 3.33. The molecule has 3 rings (SSSR count). The van der Waals surface area contributed by atoms with Crippen LogP contribution in [0.2, 0.25) is 0 Å². The smallest absolute Gasteiger partial charge is 0.0971 e. The molecular formula is C10H18N2O. The molecule has 3 saturated heterocycles. The van der Waals surface area contributed by atoms with E-state index >= 15 is 0 Å². The molecular weight excluding hydrogens is 164 g/mol. The van der Waals surface area contributed by atoms with Gasteiger partial charge in [-0.05, 0) is 32.7 Å². The van der Waals surface area contributed by atoms with E-state index < -0.39 is 0 Å². The Morgan fingerprint density at radius 3 is 2.54 bits per heavy atom. The van der Waals surface area contributed by atoms with E-state index in [2.05, 4.69) is 17.3 Å². The van der Waals surface area contributed by atoms with Gasteiger partial charge < -0.3 is 9.64 Å². The lowest BCUT2D eigenvalue weighted by atomic mass is 9.84. The van der Waals surface area contributed by atoms with Gasteiger partial charge in [-0.1, -0.05) is 0 Å². The van der Waals surface area contributed by atoms with E-state index in [4.69, 9.17) is 4.74 Å². The van der Waals surface area contributed by atoms with Crippen molar-refractivity contribution in [2.75, 3.05) is 20.4 Å². The van der Waals surface area contributed by atoms with Crippen molar-refractivity contribution in [2.45, 2.75) is 43.3 Å². The molecule has 1 unspecified atom stereocenters. The Bertz CT molecular complexity index is 197. The summed E-state index contributed by atoms with van der Waals surface area (Å²) in [6.07, 6.45) is 5.37. The molecule has 0 aliphatic carbocycles. The summed E-state index contributed by atoms with van der Waals surface area (Å²) >= 11 is 0. The molecule has 2 bridgehead atoms. The Kier molecular flexibility index (Phi) is 1.70. The molecule has 0 saturated carbocycles. The molecule has 3 aliphatic heterocycles. The fraction of sp³-hybridized carbons (Fsp3) is 1.00. The summed E-state index contributed by atoms with van der Waals surface area (Å²) in [5, 5.41) is 3.54. The Labute approximate surface area is 79.4 Å². The molecule has 0 amide bonds. The van der Waals surface area contributed by atoms with Crippen molar-refractivity contribution in [2.24, 2.45) is 0 Å². The lowest BCUT2D eigenvalue weighted by Crippen LogP contribution is -2.55. The van der Waals surface area contributed by atoms with Gasteiger partial charge in [0, 0.05) is 17.6 Å². The highest BCUT2D eigenvalue weighted by molar-refractivity contribution is 5.05. The molecule has 3 atom stereocenters. The van der Waals surface area contributed by atoms with Crippen molar-refractivity contribution in [1.82, 2.24) is 10.2 Å². The zero-order valence-corrected chi connectivity index (χ0v) is 8.25. The predicted octanol–water partition coefficient (Wildman–Crippen LogP) is 0.559. The lowest BCUT2D eigenvalue weighted by Gasteiger charge is -2.42. The van der Waals surface area contributed by atoms with Gasteiger partial charge in [-0.15, -0.1) is 0 Å². The highest BCUT2D eigenvalue weighted by Gasteiger charge is 2.48. The van der Waals surface area contributed by atoms with Crippen molar-refractivity contribution in [3.63, 3.8) is 0 Å². The van der Waals surface area contributed by atoms with Crippen LogP contribution >= 0.6 is 0 Å². The van der Waals surface area contributed by atoms with E-state index in [1.54, 1.807) is 0 Å². The first-order chi connectivity index (χ1) is 6.29. The average molecular weight is 182 g/mol. The molecule has 3 heterocycles. The van der Waals surface area contributed by atoms with Gasteiger partial charge in [-0.2, -0.15) is 0 Å². The van der Waals surface area contributed by atoms with Crippen molar-refractivity contribution < 1.29 is 4.74 Å². The molecule has 3 nitrogen and oxygen atoms in total. The Morgan fingerprint density at radius 2 is 2.00 bits per heavy atom. The molecule has 13 heavy (non-hydrogen) atoms. The van der Waals surface area contributed by atoms with Gasteiger partial charge in [0.15, 0.2) is 0 Å². The average Bonchev–Trinajstić information content (AvgIpc) is 2.60. The normalized spacial score (nSPS) is 50.5. The first kappa shape index (κ1) is 8.21. The minimum absolute atomic E-state index is 0.346. The largest absolute Gasteiger partial charge is 0.364 e. The van der Waals surface area contributed by atoms with Crippen molar-refractivity contribution in [3.05, 3.63) is 0 Å². The van der Waals surface area contributed by atoms with Gasteiger partial charge in [-0.3, -0.25) is 5.32 Å². The number of hydrogen-bond donors (Lipinski definition) is 1. The number of fused-ring (bicyclic) bond motifs is 2. The van der Waals surface area contributed by atoms with Crippen LogP contribution in [0, 0.1) is 0 Å². The van der Waals surface area contributed by atoms with E-state index in [1.165, 1.54) is 25.7 Å². The number of nitrogens with zero attached hydrogens (tertiary/aromatic N) is 1. The number of rotatable bonds is 0. The highest BCUT2D eigenvalue weighted by Crippen LogP contribution is 2.40. The van der Waals surface area contributed by atoms with E-state index in [-0.39, 0.29) is 0 Å². The molecule has 3 fully saturated rings. The molecule has 1 spiro atoms. The quantitative estimate of drug-likeness (QED) is 0.592. The summed E-state index contributed by atoms with van der Waals surface area (Å²) in [6.45, 7) is 1.71. The third kappa shape index (κ3) is 1.14. The second kappa shape index (κ2) is 2.69. The van der Waals surface area contributed by atoms with Gasteiger partial charge in [0.2, 0.25) is 0 Å². The van der Waals surface area contributed by atoms with Gasteiger partial charge in [0.05, 0.1) is 13.3 Å². The van der Waals surface area contributed by atoms with Gasteiger partial charge in [-0.25, -0.2) is 0 Å². The summed E-state index contributed by atoms with van der Waals surface area (Å²) in [6, 6.07) is 1.63. The number of piperidine rings is 1. The summed E-state index contributed by atoms with van der Waals surface area (Å²) in [4.78, 5) is 2.57. The Hall–Kier alpha value is -0.120. The zero-order valence-electron chi connectivity index (χ0n) is 8.25. The van der Waals surface area contributed by atoms with E-state index in [9.17, 15) is 0 Å². The van der Waals surface area contributed by atoms with Crippen LogP contribution in [-0.4, -0.2) is 42.9 Å². The molecule has 1 N–H and O–H groups in total. The minimum Gasteiger partial charge on any atom is -0.364 e. The third-order valence-electron chi connectivity index (χ3n) is 4.17. The second-order valence-corrected chi connectivity index (χ2v) is 4.91. The minimum atomic E-state index is 0.346. The fourth-order valence-electron chi connectivity index (χ4n) is 3.33. The van der Waals surface area contributed by atoms with Crippen LogP contribution < -0.4 is 5.32 Å². The molecule has 0 aromatic carbocycles. The first-order valence-corrected chi connectivity index (χ1v) is 5.34. The third-order valence-corrected chi connectivity index (χ3v) is 4.17. The van der Waals surface area contributed by atoms with Crippen molar-refractivity contribution in [1.29, 1.82) is 0 Å². The first-order valence-electron chi connectivity index (χ1n) is 5.34. The van der Waals surface area contributed by atoms with Crippen molar-refractivity contribution in [3.8, 4) is 0 Å². The molecule has 0 aromatic rings. The lowest BCUT2D eigenvalue weighted by molar-refractivity contribution is 0.0887. The molecule has 0 aromatic heterocycles. The monoisotopic (exact) mass is 182 g/mol. The van der Waals surface area contributed by atoms with E-state index in [0.29, 0.717) is 5.54 Å².